The highest BCUT2D eigenvalue weighted by atomic mass is 16.3. The Bertz CT molecular complexity index is 1860. The molecule has 0 radical (unpaired) electrons. The molecule has 0 saturated heterocycles. The Hall–Kier alpha value is -5.36. The van der Waals surface area contributed by atoms with E-state index in [0.29, 0.717) is 22.3 Å². The van der Waals surface area contributed by atoms with Crippen molar-refractivity contribution >= 4 is 21.5 Å². The molecule has 6 heteroatoms. The summed E-state index contributed by atoms with van der Waals surface area (Å²) in [5, 5.41) is 67.4. The van der Waals surface area contributed by atoms with Gasteiger partial charge in [0.15, 0.2) is 11.5 Å². The predicted molar refractivity (Wildman–Crippen MR) is 157 cm³/mol. The van der Waals surface area contributed by atoms with Gasteiger partial charge in [0.05, 0.1) is 0 Å². The van der Waals surface area contributed by atoms with Crippen LogP contribution in [-0.4, -0.2) is 30.6 Å². The first-order valence-electron chi connectivity index (χ1n) is 12.7. The van der Waals surface area contributed by atoms with E-state index in [1.807, 2.05) is 60.7 Å². The third kappa shape index (κ3) is 3.50. The Kier molecular flexibility index (Phi) is 5.70. The van der Waals surface area contributed by atoms with E-state index in [1.54, 1.807) is 38.1 Å². The van der Waals surface area contributed by atoms with Gasteiger partial charge in [-0.25, -0.2) is 0 Å². The van der Waals surface area contributed by atoms with Crippen LogP contribution in [-0.2, 0) is 0 Å². The van der Waals surface area contributed by atoms with E-state index in [-0.39, 0.29) is 44.2 Å². The molecular formula is C34H26O6. The second-order valence-corrected chi connectivity index (χ2v) is 9.90. The molecular weight excluding hydrogens is 504 g/mol. The van der Waals surface area contributed by atoms with E-state index in [4.69, 9.17) is 0 Å². The quantitative estimate of drug-likeness (QED) is 0.0787. The van der Waals surface area contributed by atoms with Gasteiger partial charge < -0.3 is 30.6 Å². The van der Waals surface area contributed by atoms with Crippen molar-refractivity contribution in [2.75, 3.05) is 0 Å². The summed E-state index contributed by atoms with van der Waals surface area (Å²) in [5.74, 6) is -3.33. The maximum atomic E-state index is 11.6. The lowest BCUT2D eigenvalue weighted by molar-refractivity contribution is 0.351. The van der Waals surface area contributed by atoms with Crippen LogP contribution in [0.5, 0.6) is 34.5 Å². The molecule has 0 atom stereocenters. The summed E-state index contributed by atoms with van der Waals surface area (Å²) in [6, 6.07) is 26.1. The Morgan fingerprint density at radius 1 is 0.325 bits per heavy atom. The molecule has 0 saturated carbocycles. The topological polar surface area (TPSA) is 121 Å². The van der Waals surface area contributed by atoms with Crippen molar-refractivity contribution < 1.29 is 30.6 Å². The Morgan fingerprint density at radius 2 is 0.625 bits per heavy atom. The molecule has 0 bridgehead atoms. The lowest BCUT2D eigenvalue weighted by atomic mass is 9.82. The van der Waals surface area contributed by atoms with Crippen LogP contribution >= 0.6 is 0 Å². The van der Waals surface area contributed by atoms with Crippen molar-refractivity contribution in [3.8, 4) is 67.9 Å². The van der Waals surface area contributed by atoms with E-state index in [0.717, 1.165) is 11.1 Å². The number of hydrogen-bond donors (Lipinski definition) is 6. The zero-order chi connectivity index (χ0) is 28.3. The average Bonchev–Trinajstić information content (AvgIpc) is 3.00. The summed E-state index contributed by atoms with van der Waals surface area (Å²) in [7, 11) is 0. The van der Waals surface area contributed by atoms with E-state index >= 15 is 0 Å². The van der Waals surface area contributed by atoms with Crippen LogP contribution in [0.15, 0.2) is 84.9 Å². The molecule has 0 spiro atoms. The van der Waals surface area contributed by atoms with Crippen molar-refractivity contribution in [2.24, 2.45) is 0 Å². The SMILES string of the molecule is Cc1c(C)c(O)c2c(-c3ccc(-c4ccccc4)cc3)c3c(O)c(O)c(O)c(O)c3c(-c3ccccc3)c2c1O. The molecule has 0 heterocycles. The maximum absolute atomic E-state index is 11.6. The van der Waals surface area contributed by atoms with E-state index in [2.05, 4.69) is 0 Å². The average molecular weight is 531 g/mol. The summed E-state index contributed by atoms with van der Waals surface area (Å²) >= 11 is 0. The molecule has 6 rings (SSSR count). The second kappa shape index (κ2) is 9.13. The fourth-order valence-corrected chi connectivity index (χ4v) is 5.53. The number of phenolic OH excluding ortho intramolecular Hbond substituents is 6. The second-order valence-electron chi connectivity index (χ2n) is 9.90. The van der Waals surface area contributed by atoms with Gasteiger partial charge in [-0.3, -0.25) is 0 Å². The number of rotatable bonds is 3. The highest BCUT2D eigenvalue weighted by Gasteiger charge is 2.30. The molecule has 0 aliphatic rings. The summed E-state index contributed by atoms with van der Waals surface area (Å²) in [5.41, 5.74) is 4.49. The highest BCUT2D eigenvalue weighted by molar-refractivity contribution is 6.28. The molecule has 0 amide bonds. The first kappa shape index (κ1) is 24.9. The molecule has 0 unspecified atom stereocenters. The molecule has 0 aromatic heterocycles. The minimum absolute atomic E-state index is 0.0181. The van der Waals surface area contributed by atoms with Crippen LogP contribution in [0.4, 0.5) is 0 Å². The Balaban J connectivity index is 1.87. The fraction of sp³-hybridized carbons (Fsp3) is 0.0588. The minimum Gasteiger partial charge on any atom is -0.507 e. The molecule has 198 valence electrons. The molecule has 0 aliphatic heterocycles. The molecule has 6 N–H and O–H groups in total. The Labute approximate surface area is 229 Å². The van der Waals surface area contributed by atoms with E-state index < -0.39 is 23.0 Å². The van der Waals surface area contributed by atoms with Crippen LogP contribution in [0.1, 0.15) is 11.1 Å². The van der Waals surface area contributed by atoms with Crippen molar-refractivity contribution in [3.63, 3.8) is 0 Å². The highest BCUT2D eigenvalue weighted by Crippen LogP contribution is 2.59. The van der Waals surface area contributed by atoms with E-state index in [9.17, 15) is 30.6 Å². The molecule has 0 aliphatic carbocycles. The lowest BCUT2D eigenvalue weighted by Crippen LogP contribution is -1.96. The van der Waals surface area contributed by atoms with Crippen LogP contribution < -0.4 is 0 Å². The largest absolute Gasteiger partial charge is 0.507 e. The van der Waals surface area contributed by atoms with Crippen LogP contribution in [0, 0.1) is 13.8 Å². The maximum Gasteiger partial charge on any atom is 0.204 e. The lowest BCUT2D eigenvalue weighted by Gasteiger charge is -2.23. The number of hydrogen-bond acceptors (Lipinski definition) is 6. The Morgan fingerprint density at radius 3 is 1.05 bits per heavy atom. The summed E-state index contributed by atoms with van der Waals surface area (Å²) in [4.78, 5) is 0. The number of fused-ring (bicyclic) bond motifs is 2. The fourth-order valence-electron chi connectivity index (χ4n) is 5.53. The van der Waals surface area contributed by atoms with Gasteiger partial charge in [-0.1, -0.05) is 84.9 Å². The van der Waals surface area contributed by atoms with Gasteiger partial charge >= 0.3 is 0 Å². The number of aromatic hydroxyl groups is 6. The zero-order valence-electron chi connectivity index (χ0n) is 21.8. The van der Waals surface area contributed by atoms with Crippen LogP contribution in [0.2, 0.25) is 0 Å². The van der Waals surface area contributed by atoms with Gasteiger partial charge in [-0.05, 0) is 47.2 Å². The van der Waals surface area contributed by atoms with Crippen LogP contribution in [0.3, 0.4) is 0 Å². The molecule has 0 fully saturated rings. The third-order valence-electron chi connectivity index (χ3n) is 7.74. The van der Waals surface area contributed by atoms with Gasteiger partial charge in [0.25, 0.3) is 0 Å². The van der Waals surface area contributed by atoms with Crippen molar-refractivity contribution in [1.82, 2.24) is 0 Å². The first-order valence-corrected chi connectivity index (χ1v) is 12.7. The van der Waals surface area contributed by atoms with Gasteiger partial charge in [0.1, 0.15) is 11.5 Å². The number of phenols is 6. The third-order valence-corrected chi connectivity index (χ3v) is 7.74. The summed E-state index contributed by atoms with van der Waals surface area (Å²) in [6.45, 7) is 3.37. The van der Waals surface area contributed by atoms with E-state index in [1.165, 1.54) is 0 Å². The standard InChI is InChI=1S/C34H26O6/c1-17-18(2)30(36)26-24(22-15-13-20(14-16-22)19-9-5-3-6-10-19)28-27(31(37)33(39)34(40)32(28)38)23(25(26)29(17)35)21-11-7-4-8-12-21/h3-16,35-40H,1-2H3. The van der Waals surface area contributed by atoms with Gasteiger partial charge in [-0.15, -0.1) is 0 Å². The summed E-state index contributed by atoms with van der Waals surface area (Å²) in [6.07, 6.45) is 0. The molecule has 6 aromatic rings. The molecule has 6 aromatic carbocycles. The summed E-state index contributed by atoms with van der Waals surface area (Å²) < 4.78 is 0. The van der Waals surface area contributed by atoms with Crippen LogP contribution in [0.25, 0.3) is 54.9 Å². The minimum atomic E-state index is -0.891. The normalized spacial score (nSPS) is 11.3. The predicted octanol–water partition coefficient (Wildman–Crippen LogP) is 7.84. The number of benzene rings is 6. The molecule has 6 nitrogen and oxygen atoms in total. The first-order chi connectivity index (χ1) is 19.2. The monoisotopic (exact) mass is 530 g/mol. The zero-order valence-corrected chi connectivity index (χ0v) is 21.8. The van der Waals surface area contributed by atoms with Gasteiger partial charge in [0.2, 0.25) is 11.5 Å². The smallest absolute Gasteiger partial charge is 0.204 e. The van der Waals surface area contributed by atoms with Gasteiger partial charge in [-0.2, -0.15) is 0 Å². The van der Waals surface area contributed by atoms with Crippen molar-refractivity contribution in [1.29, 1.82) is 0 Å². The van der Waals surface area contributed by atoms with Gasteiger partial charge in [0, 0.05) is 32.7 Å². The van der Waals surface area contributed by atoms with Crippen molar-refractivity contribution in [3.05, 3.63) is 96.1 Å². The van der Waals surface area contributed by atoms with Crippen molar-refractivity contribution in [2.45, 2.75) is 13.8 Å². The molecule has 40 heavy (non-hydrogen) atoms.